The largest absolute Gasteiger partial charge is 0.493 e. The van der Waals surface area contributed by atoms with Crippen molar-refractivity contribution in [1.82, 2.24) is 4.98 Å². The highest BCUT2D eigenvalue weighted by Gasteiger charge is 2.21. The Balaban J connectivity index is 1.73. The third kappa shape index (κ3) is 4.20. The Kier molecular flexibility index (Phi) is 6.36. The van der Waals surface area contributed by atoms with Crippen LogP contribution in [0, 0.1) is 29.6 Å². The number of aromatic amines is 1. The summed E-state index contributed by atoms with van der Waals surface area (Å²) in [4.78, 5) is 14.0. The molecule has 8 nitrogen and oxygen atoms in total. The fraction of sp³-hybridized carbons (Fsp3) is 0.107. The lowest BCUT2D eigenvalue weighted by Crippen LogP contribution is -2.21. The van der Waals surface area contributed by atoms with Crippen LogP contribution in [0.15, 0.2) is 42.5 Å². The topological polar surface area (TPSA) is 145 Å². The Morgan fingerprint density at radius 2 is 1.83 bits per heavy atom. The summed E-state index contributed by atoms with van der Waals surface area (Å²) >= 11 is 0. The number of methoxy groups -OCH3 is 1. The van der Waals surface area contributed by atoms with Crippen LogP contribution in [-0.4, -0.2) is 23.2 Å². The maximum atomic E-state index is 11.0. The Bertz CT molecular complexity index is 1650. The molecule has 0 saturated heterocycles. The van der Waals surface area contributed by atoms with Crippen LogP contribution in [0.25, 0.3) is 23.9 Å². The van der Waals surface area contributed by atoms with Gasteiger partial charge in [0.1, 0.15) is 24.6 Å². The second kappa shape index (κ2) is 9.57. The molecule has 1 aliphatic heterocycles. The molecule has 0 aromatic heterocycles. The second-order valence-corrected chi connectivity index (χ2v) is 8.12. The highest BCUT2D eigenvalue weighted by molar-refractivity contribution is 5.87. The lowest BCUT2D eigenvalue weighted by Gasteiger charge is -2.12. The van der Waals surface area contributed by atoms with Crippen LogP contribution in [0.4, 0.5) is 5.82 Å². The van der Waals surface area contributed by atoms with E-state index in [0.717, 1.165) is 11.1 Å². The summed E-state index contributed by atoms with van der Waals surface area (Å²) in [6, 6.07) is 16.2. The summed E-state index contributed by atoms with van der Waals surface area (Å²) < 4.78 is 11.4. The maximum absolute atomic E-state index is 11.0. The molecule has 0 saturated carbocycles. The number of aromatic carboxylic acids is 1. The minimum Gasteiger partial charge on any atom is -0.493 e. The van der Waals surface area contributed by atoms with Gasteiger partial charge in [-0.25, -0.2) is 4.79 Å². The predicted molar refractivity (Wildman–Crippen MR) is 135 cm³/mol. The Morgan fingerprint density at radius 3 is 2.44 bits per heavy atom. The molecular weight excluding hydrogens is 456 g/mol. The van der Waals surface area contributed by atoms with E-state index in [1.165, 1.54) is 19.2 Å². The molecule has 0 atom stereocenters. The first kappa shape index (κ1) is 23.9. The maximum Gasteiger partial charge on any atom is 0.335 e. The van der Waals surface area contributed by atoms with Crippen molar-refractivity contribution in [3.05, 3.63) is 86.3 Å². The first-order valence-corrected chi connectivity index (χ1v) is 10.9. The number of aromatic nitrogens is 1. The van der Waals surface area contributed by atoms with E-state index in [-0.39, 0.29) is 18.0 Å². The minimum absolute atomic E-state index is 0.205. The number of rotatable bonds is 6. The predicted octanol–water partition coefficient (Wildman–Crippen LogP) is 3.28. The summed E-state index contributed by atoms with van der Waals surface area (Å²) in [6.45, 7) is 6.13. The van der Waals surface area contributed by atoms with Crippen molar-refractivity contribution in [2.75, 3.05) is 12.8 Å². The molecule has 8 heteroatoms. The summed E-state index contributed by atoms with van der Waals surface area (Å²) in [5.74, 6) is 0.233. The average molecular weight is 479 g/mol. The van der Waals surface area contributed by atoms with Gasteiger partial charge in [-0.3, -0.25) is 0 Å². The fourth-order valence-electron chi connectivity index (χ4n) is 4.13. The highest BCUT2D eigenvalue weighted by atomic mass is 16.5. The number of carboxylic acid groups (broad SMARTS) is 1. The summed E-state index contributed by atoms with van der Waals surface area (Å²) in [5, 5.41) is 29.5. The zero-order chi connectivity index (χ0) is 26.0. The van der Waals surface area contributed by atoms with Gasteiger partial charge in [0.05, 0.1) is 29.5 Å². The lowest BCUT2D eigenvalue weighted by atomic mass is 10.0. The number of hydrogen-bond donors (Lipinski definition) is 3. The van der Waals surface area contributed by atoms with Gasteiger partial charge in [-0.1, -0.05) is 24.8 Å². The molecule has 0 radical (unpaired) electrons. The van der Waals surface area contributed by atoms with Crippen LogP contribution in [0.5, 0.6) is 11.5 Å². The molecule has 4 rings (SSSR count). The van der Waals surface area contributed by atoms with E-state index >= 15 is 0 Å². The van der Waals surface area contributed by atoms with Crippen LogP contribution in [0.1, 0.15) is 38.2 Å². The van der Waals surface area contributed by atoms with Gasteiger partial charge in [-0.05, 0) is 64.4 Å². The number of nitrogen functional groups attached to an aromatic ring is 1. The Morgan fingerprint density at radius 1 is 1.14 bits per heavy atom. The molecule has 0 unspecified atom stereocenters. The fourth-order valence-corrected chi connectivity index (χ4v) is 4.13. The van der Waals surface area contributed by atoms with E-state index in [0.29, 0.717) is 49.9 Å². The molecule has 2 aliphatic rings. The number of carbonyl (C=O) groups is 1. The summed E-state index contributed by atoms with van der Waals surface area (Å²) in [5.41, 5.74) is 10.4. The molecule has 1 aliphatic carbocycles. The van der Waals surface area contributed by atoms with Crippen LogP contribution in [0.2, 0.25) is 0 Å². The molecule has 178 valence electrons. The first-order valence-electron chi connectivity index (χ1n) is 10.9. The van der Waals surface area contributed by atoms with Gasteiger partial charge in [0, 0.05) is 5.56 Å². The normalized spacial score (nSPS) is 11.2. The third-order valence-corrected chi connectivity index (χ3v) is 5.99. The van der Waals surface area contributed by atoms with Crippen molar-refractivity contribution in [1.29, 1.82) is 10.5 Å². The van der Waals surface area contributed by atoms with Gasteiger partial charge in [0.15, 0.2) is 11.5 Å². The number of fused-ring (bicyclic) bond motifs is 1. The number of nitriles is 2. The van der Waals surface area contributed by atoms with Gasteiger partial charge in [0.2, 0.25) is 0 Å². The van der Waals surface area contributed by atoms with Crippen molar-refractivity contribution in [3.63, 3.8) is 0 Å². The number of hydrogen-bond acceptors (Lipinski definition) is 6. The molecule has 2 aromatic rings. The second-order valence-electron chi connectivity index (χ2n) is 8.12. The number of benzene rings is 2. The standard InChI is InChI=1S/C28H22N4O4/c1-15-20(25-16(2)22(13-30)27(31)32-26(25)21(15)12-29)10-18-6-9-23(24(11-18)35-3)36-14-17-4-7-19(8-5-17)28(33)34/h4-11,32H,1,14,31H2,2-3H3,(H,33,34)/b20-10-. The molecule has 2 aromatic carbocycles. The number of pyridine rings is 1. The van der Waals surface area contributed by atoms with Gasteiger partial charge in [0.25, 0.3) is 0 Å². The van der Waals surface area contributed by atoms with Gasteiger partial charge in [-0.2, -0.15) is 10.5 Å². The Hall–Kier alpha value is -5.21. The molecule has 36 heavy (non-hydrogen) atoms. The van der Waals surface area contributed by atoms with E-state index < -0.39 is 5.97 Å². The van der Waals surface area contributed by atoms with E-state index in [9.17, 15) is 15.3 Å². The van der Waals surface area contributed by atoms with Crippen molar-refractivity contribution in [2.24, 2.45) is 0 Å². The summed E-state index contributed by atoms with van der Waals surface area (Å²) in [7, 11) is 1.53. The number of nitrogens with two attached hydrogens (primary N) is 1. The Labute approximate surface area is 207 Å². The van der Waals surface area contributed by atoms with E-state index in [1.54, 1.807) is 31.2 Å². The average Bonchev–Trinajstić information content (AvgIpc) is 3.13. The van der Waals surface area contributed by atoms with Crippen molar-refractivity contribution >= 4 is 24.4 Å². The van der Waals surface area contributed by atoms with Crippen LogP contribution >= 0.6 is 0 Å². The number of carboxylic acids is 1. The van der Waals surface area contributed by atoms with Crippen molar-refractivity contribution in [3.8, 4) is 34.9 Å². The highest BCUT2D eigenvalue weighted by Crippen LogP contribution is 2.31. The first-order chi connectivity index (χ1) is 17.3. The monoisotopic (exact) mass is 478 g/mol. The number of nitrogens with one attached hydrogen (secondary N) is 1. The smallest absolute Gasteiger partial charge is 0.335 e. The van der Waals surface area contributed by atoms with Crippen LogP contribution in [-0.2, 0) is 6.61 Å². The SMILES string of the molecule is C=c1c(C#N)c2[nH]c(N)c(C#N)c(C)c-2/c1=C\c1ccc(OCc2ccc(C(=O)O)cc2)c(OC)c1. The third-order valence-electron chi connectivity index (χ3n) is 5.99. The zero-order valence-corrected chi connectivity index (χ0v) is 19.7. The molecule has 1 heterocycles. The lowest BCUT2D eigenvalue weighted by molar-refractivity contribution is 0.0697. The summed E-state index contributed by atoms with van der Waals surface area (Å²) in [6.07, 6.45) is 1.88. The molecule has 0 bridgehead atoms. The van der Waals surface area contributed by atoms with Crippen molar-refractivity contribution < 1.29 is 19.4 Å². The molecular formula is C28H22N4O4. The molecule has 0 amide bonds. The molecule has 0 fully saturated rings. The number of nitrogens with zero attached hydrogens (tertiary/aromatic N) is 2. The van der Waals surface area contributed by atoms with Crippen LogP contribution < -0.4 is 25.6 Å². The molecule has 0 spiro atoms. The number of H-pyrrole nitrogens is 1. The van der Waals surface area contributed by atoms with E-state index in [4.69, 9.17) is 20.3 Å². The minimum atomic E-state index is -0.985. The molecule has 4 N–H and O–H groups in total. The zero-order valence-electron chi connectivity index (χ0n) is 19.7. The van der Waals surface area contributed by atoms with Gasteiger partial charge in [-0.15, -0.1) is 0 Å². The van der Waals surface area contributed by atoms with Crippen LogP contribution in [0.3, 0.4) is 0 Å². The van der Waals surface area contributed by atoms with Gasteiger partial charge < -0.3 is 25.3 Å². The van der Waals surface area contributed by atoms with Crippen molar-refractivity contribution in [2.45, 2.75) is 13.5 Å². The van der Waals surface area contributed by atoms with E-state index in [1.807, 2.05) is 12.1 Å². The quantitative estimate of drug-likeness (QED) is 0.385. The number of ether oxygens (including phenoxy) is 2. The van der Waals surface area contributed by atoms with E-state index in [2.05, 4.69) is 23.7 Å². The number of anilines is 1. The van der Waals surface area contributed by atoms with Gasteiger partial charge >= 0.3 is 5.97 Å².